The van der Waals surface area contributed by atoms with Gasteiger partial charge in [0.1, 0.15) is 0 Å². The zero-order valence-corrected chi connectivity index (χ0v) is 11.0. The molecule has 0 saturated carbocycles. The lowest BCUT2D eigenvalue weighted by molar-refractivity contribution is 0.125. The van der Waals surface area contributed by atoms with Crippen LogP contribution in [0, 0.1) is 5.92 Å². The molecule has 1 saturated heterocycles. The van der Waals surface area contributed by atoms with Crippen LogP contribution >= 0.6 is 11.3 Å². The predicted molar refractivity (Wildman–Crippen MR) is 70.8 cm³/mol. The molecule has 0 radical (unpaired) electrons. The van der Waals surface area contributed by atoms with Crippen molar-refractivity contribution in [2.24, 2.45) is 11.7 Å². The van der Waals surface area contributed by atoms with Crippen LogP contribution in [-0.4, -0.2) is 30.1 Å². The zero-order valence-electron chi connectivity index (χ0n) is 10.2. The Morgan fingerprint density at radius 3 is 2.94 bits per heavy atom. The van der Waals surface area contributed by atoms with Crippen molar-refractivity contribution in [3.05, 3.63) is 22.4 Å². The fraction of sp³-hybridized carbons (Fsp3) is 0.692. The molecule has 3 heteroatoms. The van der Waals surface area contributed by atoms with E-state index >= 15 is 0 Å². The Morgan fingerprint density at radius 1 is 1.50 bits per heavy atom. The summed E-state index contributed by atoms with van der Waals surface area (Å²) in [6, 6.07) is 5.37. The maximum atomic E-state index is 6.14. The second-order valence-electron chi connectivity index (χ2n) is 5.19. The van der Waals surface area contributed by atoms with Gasteiger partial charge < -0.3 is 5.73 Å². The summed E-state index contributed by atoms with van der Waals surface area (Å²) in [4.78, 5) is 4.02. The third-order valence-corrected chi connectivity index (χ3v) is 4.30. The molecule has 1 aromatic heterocycles. The molecule has 2 unspecified atom stereocenters. The second kappa shape index (κ2) is 5.30. The molecule has 2 N–H and O–H groups in total. The lowest BCUT2D eigenvalue weighted by atomic mass is 9.90. The van der Waals surface area contributed by atoms with Crippen molar-refractivity contribution in [3.8, 4) is 0 Å². The van der Waals surface area contributed by atoms with E-state index in [4.69, 9.17) is 5.73 Å². The van der Waals surface area contributed by atoms with Crippen LogP contribution < -0.4 is 5.73 Å². The molecule has 2 nitrogen and oxygen atoms in total. The Kier molecular flexibility index (Phi) is 4.00. The molecule has 0 amide bonds. The van der Waals surface area contributed by atoms with E-state index in [0.717, 1.165) is 12.5 Å². The van der Waals surface area contributed by atoms with Crippen LogP contribution in [-0.2, 0) is 6.42 Å². The van der Waals surface area contributed by atoms with Crippen LogP contribution in [0.3, 0.4) is 0 Å². The first-order valence-corrected chi connectivity index (χ1v) is 7.05. The number of thiophene rings is 1. The molecule has 0 bridgehead atoms. The quantitative estimate of drug-likeness (QED) is 0.876. The standard InChI is InChI=1S/C13H22N2S/c1-10(2)15-8-11(6-12(14)9-15)7-13-4-3-5-16-13/h3-5,10-12H,6-9,14H2,1-2H3. The van der Waals surface area contributed by atoms with Gasteiger partial charge in [-0.2, -0.15) is 0 Å². The van der Waals surface area contributed by atoms with Crippen molar-refractivity contribution in [2.75, 3.05) is 13.1 Å². The second-order valence-corrected chi connectivity index (χ2v) is 6.23. The minimum absolute atomic E-state index is 0.362. The molecule has 0 aromatic carbocycles. The number of piperidine rings is 1. The van der Waals surface area contributed by atoms with E-state index < -0.39 is 0 Å². The highest BCUT2D eigenvalue weighted by atomic mass is 32.1. The molecule has 0 aliphatic carbocycles. The van der Waals surface area contributed by atoms with Gasteiger partial charge in [0.15, 0.2) is 0 Å². The van der Waals surface area contributed by atoms with E-state index in [1.54, 1.807) is 0 Å². The summed E-state index contributed by atoms with van der Waals surface area (Å²) in [5.41, 5.74) is 6.14. The van der Waals surface area contributed by atoms with Crippen molar-refractivity contribution in [2.45, 2.75) is 38.8 Å². The van der Waals surface area contributed by atoms with Gasteiger partial charge >= 0.3 is 0 Å². The molecular weight excluding hydrogens is 216 g/mol. The molecule has 1 aliphatic heterocycles. The smallest absolute Gasteiger partial charge is 0.0171 e. The maximum absolute atomic E-state index is 6.14. The number of nitrogens with zero attached hydrogens (tertiary/aromatic N) is 1. The molecule has 2 atom stereocenters. The Labute approximate surface area is 102 Å². The molecule has 2 rings (SSSR count). The van der Waals surface area contributed by atoms with Crippen molar-refractivity contribution in [1.29, 1.82) is 0 Å². The van der Waals surface area contributed by atoms with Crippen molar-refractivity contribution >= 4 is 11.3 Å². The first kappa shape index (κ1) is 12.1. The highest BCUT2D eigenvalue weighted by molar-refractivity contribution is 7.09. The maximum Gasteiger partial charge on any atom is 0.0171 e. The third kappa shape index (κ3) is 3.06. The summed E-state index contributed by atoms with van der Waals surface area (Å²) < 4.78 is 0. The normalized spacial score (nSPS) is 27.5. The van der Waals surface area contributed by atoms with Crippen LogP contribution in [0.4, 0.5) is 0 Å². The van der Waals surface area contributed by atoms with Crippen LogP contribution in [0.2, 0.25) is 0 Å². The van der Waals surface area contributed by atoms with E-state index in [2.05, 4.69) is 36.3 Å². The molecule has 16 heavy (non-hydrogen) atoms. The summed E-state index contributed by atoms with van der Waals surface area (Å²) in [5, 5.41) is 2.16. The Balaban J connectivity index is 1.94. The number of nitrogens with two attached hydrogens (primary N) is 1. The average Bonchev–Trinajstić information content (AvgIpc) is 2.69. The zero-order chi connectivity index (χ0) is 11.5. The topological polar surface area (TPSA) is 29.3 Å². The van der Waals surface area contributed by atoms with Crippen LogP contribution in [0.1, 0.15) is 25.1 Å². The summed E-state index contributed by atoms with van der Waals surface area (Å²) in [6.07, 6.45) is 2.38. The van der Waals surface area contributed by atoms with E-state index in [9.17, 15) is 0 Å². The summed E-state index contributed by atoms with van der Waals surface area (Å²) in [7, 11) is 0. The minimum atomic E-state index is 0.362. The van der Waals surface area contributed by atoms with Crippen molar-refractivity contribution in [1.82, 2.24) is 4.90 Å². The van der Waals surface area contributed by atoms with E-state index in [0.29, 0.717) is 12.1 Å². The molecule has 1 aromatic rings. The fourth-order valence-electron chi connectivity index (χ4n) is 2.57. The van der Waals surface area contributed by atoms with Gasteiger partial charge in [-0.15, -0.1) is 11.3 Å². The van der Waals surface area contributed by atoms with Gasteiger partial charge in [-0.3, -0.25) is 4.90 Å². The van der Waals surface area contributed by atoms with Gasteiger partial charge in [-0.1, -0.05) is 6.07 Å². The van der Waals surface area contributed by atoms with Crippen molar-refractivity contribution < 1.29 is 0 Å². The third-order valence-electron chi connectivity index (χ3n) is 3.40. The Hall–Kier alpha value is -0.380. The van der Waals surface area contributed by atoms with Gasteiger partial charge in [-0.05, 0) is 44.1 Å². The number of hydrogen-bond donors (Lipinski definition) is 1. The van der Waals surface area contributed by atoms with Gasteiger partial charge in [0.05, 0.1) is 0 Å². The largest absolute Gasteiger partial charge is 0.327 e. The van der Waals surface area contributed by atoms with Gasteiger partial charge in [0.25, 0.3) is 0 Å². The first-order valence-electron chi connectivity index (χ1n) is 6.17. The lowest BCUT2D eigenvalue weighted by Gasteiger charge is -2.38. The van der Waals surface area contributed by atoms with E-state index in [1.807, 2.05) is 11.3 Å². The lowest BCUT2D eigenvalue weighted by Crippen LogP contribution is -2.49. The van der Waals surface area contributed by atoms with Crippen LogP contribution in [0.5, 0.6) is 0 Å². The Morgan fingerprint density at radius 2 is 2.31 bits per heavy atom. The minimum Gasteiger partial charge on any atom is -0.327 e. The first-order chi connectivity index (χ1) is 7.65. The van der Waals surface area contributed by atoms with Crippen LogP contribution in [0.15, 0.2) is 17.5 Å². The van der Waals surface area contributed by atoms with Gasteiger partial charge in [0.2, 0.25) is 0 Å². The van der Waals surface area contributed by atoms with Crippen LogP contribution in [0.25, 0.3) is 0 Å². The predicted octanol–water partition coefficient (Wildman–Crippen LogP) is 2.35. The molecule has 1 aliphatic rings. The molecule has 90 valence electrons. The highest BCUT2D eigenvalue weighted by Gasteiger charge is 2.26. The highest BCUT2D eigenvalue weighted by Crippen LogP contribution is 2.23. The molecular formula is C13H22N2S. The van der Waals surface area contributed by atoms with Crippen molar-refractivity contribution in [3.63, 3.8) is 0 Å². The average molecular weight is 238 g/mol. The van der Waals surface area contributed by atoms with E-state index in [-0.39, 0.29) is 0 Å². The molecule has 2 heterocycles. The summed E-state index contributed by atoms with van der Waals surface area (Å²) >= 11 is 1.87. The fourth-order valence-corrected chi connectivity index (χ4v) is 3.39. The molecule has 0 spiro atoms. The molecule has 1 fully saturated rings. The summed E-state index contributed by atoms with van der Waals surface area (Å²) in [5.74, 6) is 0.741. The SMILES string of the molecule is CC(C)N1CC(N)CC(Cc2cccs2)C1. The number of hydrogen-bond acceptors (Lipinski definition) is 3. The Bertz CT molecular complexity index is 308. The summed E-state index contributed by atoms with van der Waals surface area (Å²) in [6.45, 7) is 6.81. The van der Waals surface area contributed by atoms with E-state index in [1.165, 1.54) is 24.3 Å². The van der Waals surface area contributed by atoms with Gasteiger partial charge in [0, 0.05) is 30.1 Å². The number of rotatable bonds is 3. The van der Waals surface area contributed by atoms with Gasteiger partial charge in [-0.25, -0.2) is 0 Å². The monoisotopic (exact) mass is 238 g/mol. The number of likely N-dealkylation sites (tertiary alicyclic amines) is 1.